The van der Waals surface area contributed by atoms with Gasteiger partial charge < -0.3 is 9.80 Å². The Morgan fingerprint density at radius 3 is 1.25 bits per heavy atom. The molecule has 2 atom stereocenters. The number of rotatable bonds is 4. The third kappa shape index (κ3) is 3.51. The fraction of sp³-hybridized carbons (Fsp3) is 0.333. The topological polar surface area (TPSA) is 83.6 Å². The molecule has 0 aromatic heterocycles. The lowest BCUT2D eigenvalue weighted by Gasteiger charge is -2.34. The average Bonchev–Trinajstić information content (AvgIpc) is 3.29. The van der Waals surface area contributed by atoms with E-state index in [1.54, 1.807) is 24.3 Å². The summed E-state index contributed by atoms with van der Waals surface area (Å²) < 4.78 is 0. The maximum Gasteiger partial charge on any atom is 0.292 e. The van der Waals surface area contributed by atoms with Gasteiger partial charge in [-0.25, -0.2) is 9.80 Å². The van der Waals surface area contributed by atoms with Crippen LogP contribution in [0.2, 0.25) is 0 Å². The third-order valence-corrected chi connectivity index (χ3v) is 6.84. The second-order valence-electron chi connectivity index (χ2n) is 8.64. The first-order valence-corrected chi connectivity index (χ1v) is 11.1. The number of nitrogens with one attached hydrogen (secondary N) is 2. The zero-order valence-electron chi connectivity index (χ0n) is 17.7. The molecule has 0 spiro atoms. The lowest BCUT2D eigenvalue weighted by atomic mass is 10.1. The van der Waals surface area contributed by atoms with Gasteiger partial charge >= 0.3 is 0 Å². The van der Waals surface area contributed by atoms with Crippen molar-refractivity contribution in [3.8, 4) is 0 Å². The molecule has 3 aliphatic rings. The predicted octanol–water partition coefficient (Wildman–Crippen LogP) is -1.57. The molecular weight excluding hydrogens is 408 g/mol. The van der Waals surface area contributed by atoms with Crippen LogP contribution in [0.4, 0.5) is 11.4 Å². The molecule has 3 aliphatic heterocycles. The molecule has 0 radical (unpaired) electrons. The molecule has 0 bridgehead atoms. The number of carbonyl (C=O) groups is 4. The van der Waals surface area contributed by atoms with E-state index in [1.807, 2.05) is 36.4 Å². The molecule has 32 heavy (non-hydrogen) atoms. The van der Waals surface area contributed by atoms with Gasteiger partial charge in [-0.2, -0.15) is 0 Å². The molecule has 164 valence electrons. The van der Waals surface area contributed by atoms with Crippen molar-refractivity contribution >= 4 is 35.0 Å². The lowest BCUT2D eigenvalue weighted by molar-refractivity contribution is -1.02. The molecule has 8 heteroatoms. The summed E-state index contributed by atoms with van der Waals surface area (Å²) in [5, 5.41) is 0. The number of hydrogen-bond acceptors (Lipinski definition) is 4. The number of carbonyl (C=O) groups excluding carboxylic acids is 4. The highest BCUT2D eigenvalue weighted by Crippen LogP contribution is 2.22. The van der Waals surface area contributed by atoms with Gasteiger partial charge in [-0.3, -0.25) is 19.2 Å². The third-order valence-electron chi connectivity index (χ3n) is 6.84. The molecule has 2 aromatic carbocycles. The molecule has 5 rings (SSSR count). The molecular formula is C24H26N4O4+2. The smallest absolute Gasteiger partial charge is 0.292 e. The fourth-order valence-corrected chi connectivity index (χ4v) is 5.19. The first-order chi connectivity index (χ1) is 15.5. The number of anilines is 2. The Hall–Kier alpha value is -3.36. The number of piperazine rings is 1. The van der Waals surface area contributed by atoms with E-state index in [4.69, 9.17) is 0 Å². The summed E-state index contributed by atoms with van der Waals surface area (Å²) in [6.07, 6.45) is 0.419. The van der Waals surface area contributed by atoms with Gasteiger partial charge in [0.05, 0.1) is 24.2 Å². The number of hydrogen-bond donors (Lipinski definition) is 2. The van der Waals surface area contributed by atoms with E-state index in [0.29, 0.717) is 37.6 Å². The maximum atomic E-state index is 13.0. The van der Waals surface area contributed by atoms with Crippen LogP contribution in [-0.4, -0.2) is 61.9 Å². The molecule has 3 saturated heterocycles. The highest BCUT2D eigenvalue weighted by molar-refractivity contribution is 6.22. The zero-order chi connectivity index (χ0) is 22.2. The summed E-state index contributed by atoms with van der Waals surface area (Å²) in [5.74, 6) is -0.629. The van der Waals surface area contributed by atoms with E-state index < -0.39 is 0 Å². The summed E-state index contributed by atoms with van der Waals surface area (Å²) in [4.78, 5) is 55.9. The van der Waals surface area contributed by atoms with Crippen LogP contribution in [-0.2, 0) is 19.2 Å². The number of quaternary nitrogens is 2. The van der Waals surface area contributed by atoms with Gasteiger partial charge in [-0.1, -0.05) is 36.4 Å². The molecule has 8 nitrogen and oxygen atoms in total. The van der Waals surface area contributed by atoms with Crippen molar-refractivity contribution in [2.45, 2.75) is 24.9 Å². The first kappa shape index (κ1) is 20.5. The van der Waals surface area contributed by atoms with Crippen LogP contribution in [0.5, 0.6) is 0 Å². The number of amides is 4. The minimum atomic E-state index is -0.383. The lowest BCUT2D eigenvalue weighted by Crippen LogP contribution is -3.31. The van der Waals surface area contributed by atoms with Crippen molar-refractivity contribution in [1.82, 2.24) is 0 Å². The van der Waals surface area contributed by atoms with Crippen molar-refractivity contribution in [1.29, 1.82) is 0 Å². The van der Waals surface area contributed by atoms with Gasteiger partial charge in [0, 0.05) is 0 Å². The normalized spacial score (nSPS) is 28.6. The largest absolute Gasteiger partial charge is 0.315 e. The molecule has 0 unspecified atom stereocenters. The molecule has 0 saturated carbocycles. The van der Waals surface area contributed by atoms with E-state index >= 15 is 0 Å². The van der Waals surface area contributed by atoms with Crippen molar-refractivity contribution in [3.05, 3.63) is 60.7 Å². The number of nitrogens with zero attached hydrogens (tertiary/aromatic N) is 2. The van der Waals surface area contributed by atoms with E-state index in [0.717, 1.165) is 9.80 Å². The zero-order valence-corrected chi connectivity index (χ0v) is 17.7. The summed E-state index contributed by atoms with van der Waals surface area (Å²) in [5.41, 5.74) is 1.23. The molecule has 4 amide bonds. The minimum Gasteiger partial charge on any atom is -0.315 e. The molecule has 2 aromatic rings. The molecule has 3 heterocycles. The summed E-state index contributed by atoms with van der Waals surface area (Å²) in [7, 11) is 0. The standard InChI is InChI=1S/C24H24N4O4/c29-21-15-19(23(31)27(21)17-7-3-1-4-8-17)25-11-13-26(14-12-25)20-16-22(30)28(24(20)32)18-9-5-2-6-10-18/h1-10,19-20H,11-16H2/p+2/t19-,20+. The second-order valence-corrected chi connectivity index (χ2v) is 8.64. The predicted molar refractivity (Wildman–Crippen MR) is 116 cm³/mol. The van der Waals surface area contributed by atoms with E-state index in [9.17, 15) is 19.2 Å². The summed E-state index contributed by atoms with van der Waals surface area (Å²) >= 11 is 0. The highest BCUT2D eigenvalue weighted by Gasteiger charge is 2.50. The fourth-order valence-electron chi connectivity index (χ4n) is 5.19. The van der Waals surface area contributed by atoms with E-state index in [2.05, 4.69) is 0 Å². The second kappa shape index (κ2) is 8.29. The van der Waals surface area contributed by atoms with Crippen LogP contribution in [0, 0.1) is 0 Å². The van der Waals surface area contributed by atoms with Gasteiger partial charge in [-0.15, -0.1) is 0 Å². The SMILES string of the molecule is O=C1C[C@@H]([NH+]2CC[NH+]([C@H]3CC(=O)N(c4ccccc4)C3=O)CC2)C(=O)N1c1ccccc1. The quantitative estimate of drug-likeness (QED) is 0.570. The van der Waals surface area contributed by atoms with Crippen molar-refractivity contribution < 1.29 is 29.0 Å². The van der Waals surface area contributed by atoms with Gasteiger partial charge in [0.25, 0.3) is 11.8 Å². The molecule has 2 N–H and O–H groups in total. The van der Waals surface area contributed by atoms with Gasteiger partial charge in [0.1, 0.15) is 26.2 Å². The van der Waals surface area contributed by atoms with Crippen molar-refractivity contribution in [2.24, 2.45) is 0 Å². The number of imide groups is 2. The van der Waals surface area contributed by atoms with Crippen LogP contribution in [0.1, 0.15) is 12.8 Å². The van der Waals surface area contributed by atoms with E-state index in [-0.39, 0.29) is 48.6 Å². The van der Waals surface area contributed by atoms with E-state index in [1.165, 1.54) is 9.80 Å². The van der Waals surface area contributed by atoms with Crippen molar-refractivity contribution in [3.63, 3.8) is 0 Å². The Morgan fingerprint density at radius 2 is 0.906 bits per heavy atom. The monoisotopic (exact) mass is 434 g/mol. The minimum absolute atomic E-state index is 0.151. The highest BCUT2D eigenvalue weighted by atomic mass is 16.2. The Balaban J connectivity index is 1.23. The van der Waals surface area contributed by atoms with Gasteiger partial charge in [-0.05, 0) is 24.3 Å². The van der Waals surface area contributed by atoms with Crippen LogP contribution in [0.25, 0.3) is 0 Å². The van der Waals surface area contributed by atoms with Crippen LogP contribution in [0.3, 0.4) is 0 Å². The maximum absolute atomic E-state index is 13.0. The average molecular weight is 434 g/mol. The first-order valence-electron chi connectivity index (χ1n) is 11.1. The van der Waals surface area contributed by atoms with Crippen LogP contribution in [0.15, 0.2) is 60.7 Å². The van der Waals surface area contributed by atoms with Gasteiger partial charge in [0.15, 0.2) is 12.1 Å². The Morgan fingerprint density at radius 1 is 0.562 bits per heavy atom. The molecule has 0 aliphatic carbocycles. The molecule has 3 fully saturated rings. The summed E-state index contributed by atoms with van der Waals surface area (Å²) in [6.45, 7) is 2.74. The summed E-state index contributed by atoms with van der Waals surface area (Å²) in [6, 6.07) is 17.3. The van der Waals surface area contributed by atoms with Crippen LogP contribution < -0.4 is 19.6 Å². The number of benzene rings is 2. The van der Waals surface area contributed by atoms with Crippen LogP contribution >= 0.6 is 0 Å². The Kier molecular flexibility index (Phi) is 5.32. The van der Waals surface area contributed by atoms with Gasteiger partial charge in [0.2, 0.25) is 11.8 Å². The Bertz CT molecular complexity index is 965. The number of para-hydroxylation sites is 2. The van der Waals surface area contributed by atoms with Crippen molar-refractivity contribution in [2.75, 3.05) is 36.0 Å². The Labute approximate surface area is 186 Å².